The van der Waals surface area contributed by atoms with Crippen molar-refractivity contribution in [1.82, 2.24) is 10.2 Å². The predicted molar refractivity (Wildman–Crippen MR) is 78.0 cm³/mol. The summed E-state index contributed by atoms with van der Waals surface area (Å²) in [6, 6.07) is 4.75. The van der Waals surface area contributed by atoms with Crippen molar-refractivity contribution in [3.63, 3.8) is 0 Å². The maximum atomic E-state index is 12.1. The lowest BCUT2D eigenvalue weighted by Gasteiger charge is -2.35. The van der Waals surface area contributed by atoms with Gasteiger partial charge in [-0.25, -0.2) is 0 Å². The van der Waals surface area contributed by atoms with Gasteiger partial charge in [-0.2, -0.15) is 8.78 Å². The van der Waals surface area contributed by atoms with Crippen LogP contribution in [0.4, 0.5) is 8.78 Å². The maximum absolute atomic E-state index is 12.1. The van der Waals surface area contributed by atoms with E-state index in [-0.39, 0.29) is 5.75 Å². The first-order chi connectivity index (χ1) is 9.54. The second kappa shape index (κ2) is 7.43. The summed E-state index contributed by atoms with van der Waals surface area (Å²) in [6.45, 7) is 4.01. The van der Waals surface area contributed by atoms with E-state index in [4.69, 9.17) is 4.42 Å². The number of nitrogens with zero attached hydrogens (tertiary/aromatic N) is 1. The topological polar surface area (TPSA) is 28.4 Å². The van der Waals surface area contributed by atoms with Gasteiger partial charge in [0, 0.05) is 12.1 Å². The summed E-state index contributed by atoms with van der Waals surface area (Å²) in [5, 5.41) is 3.49. The van der Waals surface area contributed by atoms with Gasteiger partial charge >= 0.3 is 0 Å². The van der Waals surface area contributed by atoms with Gasteiger partial charge in [-0.1, -0.05) is 11.8 Å². The molecule has 3 nitrogen and oxygen atoms in total. The fourth-order valence-corrected chi connectivity index (χ4v) is 2.91. The van der Waals surface area contributed by atoms with Crippen LogP contribution in [0.5, 0.6) is 0 Å². The van der Waals surface area contributed by atoms with Crippen LogP contribution in [-0.2, 0) is 12.3 Å². The molecule has 1 aromatic heterocycles. The van der Waals surface area contributed by atoms with Crippen LogP contribution >= 0.6 is 11.8 Å². The second-order valence-electron chi connectivity index (χ2n) is 5.37. The molecule has 0 aromatic carbocycles. The monoisotopic (exact) mass is 304 g/mol. The predicted octanol–water partition coefficient (Wildman–Crippen LogP) is 3.31. The number of thioether (sulfide) groups is 1. The summed E-state index contributed by atoms with van der Waals surface area (Å²) >= 11 is 0.591. The lowest BCUT2D eigenvalue weighted by Crippen LogP contribution is -2.45. The standard InChI is InChI=1S/C14H22F2N2OS/c1-10-7-11(5-6-18(10)2)17-8-12-3-4-13(19-12)9-20-14(15)16/h3-4,10-11,14,17H,5-9H2,1-2H3. The molecule has 114 valence electrons. The van der Waals surface area contributed by atoms with Crippen LogP contribution in [0.25, 0.3) is 0 Å². The number of halogens is 2. The van der Waals surface area contributed by atoms with E-state index in [0.29, 0.717) is 36.2 Å². The van der Waals surface area contributed by atoms with Crippen molar-refractivity contribution in [2.45, 2.75) is 49.9 Å². The van der Waals surface area contributed by atoms with Crippen LogP contribution in [0.2, 0.25) is 0 Å². The largest absolute Gasteiger partial charge is 0.464 e. The van der Waals surface area contributed by atoms with Crippen molar-refractivity contribution in [3.05, 3.63) is 23.7 Å². The van der Waals surface area contributed by atoms with Crippen LogP contribution < -0.4 is 5.32 Å². The van der Waals surface area contributed by atoms with Crippen molar-refractivity contribution in [2.75, 3.05) is 13.6 Å². The molecule has 1 saturated heterocycles. The van der Waals surface area contributed by atoms with Gasteiger partial charge in [0.05, 0.1) is 12.3 Å². The molecule has 2 rings (SSSR count). The molecular formula is C14H22F2N2OS. The van der Waals surface area contributed by atoms with Gasteiger partial charge < -0.3 is 14.6 Å². The number of likely N-dealkylation sites (tertiary alicyclic amines) is 1. The molecule has 0 radical (unpaired) electrons. The molecule has 2 heterocycles. The minimum Gasteiger partial charge on any atom is -0.464 e. The number of hydrogen-bond acceptors (Lipinski definition) is 4. The van der Waals surface area contributed by atoms with E-state index in [0.717, 1.165) is 25.1 Å². The molecule has 2 atom stereocenters. The number of piperidine rings is 1. The fourth-order valence-electron chi connectivity index (χ4n) is 2.46. The molecule has 20 heavy (non-hydrogen) atoms. The minimum absolute atomic E-state index is 0.225. The van der Waals surface area contributed by atoms with Gasteiger partial charge in [0.2, 0.25) is 0 Å². The average molecular weight is 304 g/mol. The van der Waals surface area contributed by atoms with Crippen LogP contribution in [0.3, 0.4) is 0 Å². The number of furan rings is 1. The summed E-state index contributed by atoms with van der Waals surface area (Å²) in [7, 11) is 2.15. The van der Waals surface area contributed by atoms with E-state index >= 15 is 0 Å². The van der Waals surface area contributed by atoms with Crippen LogP contribution in [0.1, 0.15) is 31.3 Å². The van der Waals surface area contributed by atoms with Gasteiger partial charge in [-0.05, 0) is 45.5 Å². The summed E-state index contributed by atoms with van der Waals surface area (Å²) in [5.74, 6) is -0.684. The minimum atomic E-state index is -2.35. The highest BCUT2D eigenvalue weighted by Crippen LogP contribution is 2.21. The first-order valence-electron chi connectivity index (χ1n) is 6.95. The Kier molecular flexibility index (Phi) is 5.86. The summed E-state index contributed by atoms with van der Waals surface area (Å²) < 4.78 is 29.7. The van der Waals surface area contributed by atoms with E-state index in [1.165, 1.54) is 0 Å². The molecule has 6 heteroatoms. The number of nitrogens with one attached hydrogen (secondary N) is 1. The molecule has 0 spiro atoms. The van der Waals surface area contributed by atoms with Crippen molar-refractivity contribution < 1.29 is 13.2 Å². The summed E-state index contributed by atoms with van der Waals surface area (Å²) in [6.07, 6.45) is 2.26. The molecule has 2 unspecified atom stereocenters. The van der Waals surface area contributed by atoms with Crippen LogP contribution in [0.15, 0.2) is 16.5 Å². The summed E-state index contributed by atoms with van der Waals surface area (Å²) in [5.41, 5.74) is 0. The zero-order valence-corrected chi connectivity index (χ0v) is 12.8. The average Bonchev–Trinajstić information content (AvgIpc) is 2.86. The van der Waals surface area contributed by atoms with Gasteiger partial charge in [0.25, 0.3) is 5.76 Å². The quantitative estimate of drug-likeness (QED) is 0.873. The third-order valence-electron chi connectivity index (χ3n) is 3.84. The zero-order chi connectivity index (χ0) is 14.5. The molecule has 1 N–H and O–H groups in total. The van der Waals surface area contributed by atoms with E-state index in [2.05, 4.69) is 24.2 Å². The lowest BCUT2D eigenvalue weighted by atomic mass is 9.99. The van der Waals surface area contributed by atoms with Crippen molar-refractivity contribution >= 4 is 11.8 Å². The molecule has 0 amide bonds. The first kappa shape index (κ1) is 15.8. The maximum Gasteiger partial charge on any atom is 0.284 e. The van der Waals surface area contributed by atoms with Gasteiger partial charge in [-0.3, -0.25) is 0 Å². The highest BCUT2D eigenvalue weighted by atomic mass is 32.2. The third kappa shape index (κ3) is 4.75. The first-order valence-corrected chi connectivity index (χ1v) is 8.00. The molecular weight excluding hydrogens is 282 g/mol. The van der Waals surface area contributed by atoms with Crippen LogP contribution in [-0.4, -0.2) is 36.3 Å². The van der Waals surface area contributed by atoms with E-state index < -0.39 is 5.76 Å². The van der Waals surface area contributed by atoms with Crippen molar-refractivity contribution in [2.24, 2.45) is 0 Å². The van der Waals surface area contributed by atoms with Gasteiger partial charge in [0.15, 0.2) is 0 Å². The van der Waals surface area contributed by atoms with E-state index in [9.17, 15) is 8.78 Å². The molecule has 1 fully saturated rings. The molecule has 1 aliphatic rings. The van der Waals surface area contributed by atoms with Crippen LogP contribution in [0, 0.1) is 0 Å². The smallest absolute Gasteiger partial charge is 0.284 e. The number of rotatable bonds is 6. The molecule has 0 aliphatic carbocycles. The van der Waals surface area contributed by atoms with E-state index in [1.54, 1.807) is 6.07 Å². The normalized spacial score (nSPS) is 24.4. The molecule has 1 aromatic rings. The van der Waals surface area contributed by atoms with E-state index in [1.807, 2.05) is 6.07 Å². The van der Waals surface area contributed by atoms with Gasteiger partial charge in [0.1, 0.15) is 11.5 Å². The van der Waals surface area contributed by atoms with Crippen molar-refractivity contribution in [1.29, 1.82) is 0 Å². The number of alkyl halides is 2. The Bertz CT molecular complexity index is 414. The lowest BCUT2D eigenvalue weighted by molar-refractivity contribution is 0.166. The molecule has 0 saturated carbocycles. The highest BCUT2D eigenvalue weighted by Gasteiger charge is 2.22. The second-order valence-corrected chi connectivity index (χ2v) is 6.35. The molecule has 0 bridgehead atoms. The Balaban J connectivity index is 1.74. The SMILES string of the molecule is CC1CC(NCc2ccc(CSC(F)F)o2)CCN1C. The summed E-state index contributed by atoms with van der Waals surface area (Å²) in [4.78, 5) is 2.37. The Morgan fingerprint density at radius 3 is 2.90 bits per heavy atom. The zero-order valence-electron chi connectivity index (χ0n) is 11.9. The highest BCUT2D eigenvalue weighted by molar-refractivity contribution is 7.98. The Labute approximate surface area is 123 Å². The Morgan fingerprint density at radius 2 is 2.20 bits per heavy atom. The Hall–Kier alpha value is -0.590. The fraction of sp³-hybridized carbons (Fsp3) is 0.714. The number of hydrogen-bond donors (Lipinski definition) is 1. The molecule has 1 aliphatic heterocycles. The van der Waals surface area contributed by atoms with Crippen molar-refractivity contribution in [3.8, 4) is 0 Å². The van der Waals surface area contributed by atoms with Gasteiger partial charge in [-0.15, -0.1) is 0 Å². The third-order valence-corrected chi connectivity index (χ3v) is 4.55. The Morgan fingerprint density at radius 1 is 1.45 bits per heavy atom.